The van der Waals surface area contributed by atoms with Gasteiger partial charge in [-0.05, 0) is 66.6 Å². The molecular weight excluding hydrogens is 212 g/mol. The Hall–Kier alpha value is -0.120. The standard InChI is InChI=1S/C14H30N2O/c1-12(2)16(4)10-6-5-9-15-11-14-8-7-13(3)17-14/h12-15H,5-11H2,1-4H3. The van der Waals surface area contributed by atoms with Crippen molar-refractivity contribution in [3.63, 3.8) is 0 Å². The first-order valence-electron chi connectivity index (χ1n) is 7.16. The third-order valence-corrected chi connectivity index (χ3v) is 3.69. The van der Waals surface area contributed by atoms with Gasteiger partial charge in [0.25, 0.3) is 0 Å². The molecule has 0 spiro atoms. The summed E-state index contributed by atoms with van der Waals surface area (Å²) in [4.78, 5) is 2.40. The SMILES string of the molecule is CC1CCC(CNCCCCN(C)C(C)C)O1. The van der Waals surface area contributed by atoms with Gasteiger partial charge in [0.2, 0.25) is 0 Å². The van der Waals surface area contributed by atoms with Gasteiger partial charge in [-0.25, -0.2) is 0 Å². The predicted octanol–water partition coefficient (Wildman–Crippen LogP) is 2.26. The first-order chi connectivity index (χ1) is 8.09. The molecule has 1 aliphatic heterocycles. The fourth-order valence-electron chi connectivity index (χ4n) is 2.17. The fraction of sp³-hybridized carbons (Fsp3) is 1.00. The molecule has 0 bridgehead atoms. The van der Waals surface area contributed by atoms with Crippen molar-refractivity contribution in [3.05, 3.63) is 0 Å². The summed E-state index contributed by atoms with van der Waals surface area (Å²) in [7, 11) is 2.20. The maximum Gasteiger partial charge on any atom is 0.0704 e. The molecule has 1 saturated heterocycles. The van der Waals surface area contributed by atoms with E-state index in [4.69, 9.17) is 4.74 Å². The third-order valence-electron chi connectivity index (χ3n) is 3.69. The van der Waals surface area contributed by atoms with Gasteiger partial charge in [0, 0.05) is 12.6 Å². The molecule has 0 amide bonds. The Morgan fingerprint density at radius 3 is 2.65 bits per heavy atom. The van der Waals surface area contributed by atoms with Crippen LogP contribution >= 0.6 is 0 Å². The lowest BCUT2D eigenvalue weighted by atomic mass is 10.2. The smallest absolute Gasteiger partial charge is 0.0704 e. The lowest BCUT2D eigenvalue weighted by molar-refractivity contribution is 0.0561. The summed E-state index contributed by atoms with van der Waals surface area (Å²) in [6.07, 6.45) is 5.93. The number of hydrogen-bond donors (Lipinski definition) is 1. The summed E-state index contributed by atoms with van der Waals surface area (Å²) in [5, 5.41) is 3.51. The zero-order chi connectivity index (χ0) is 12.7. The number of hydrogen-bond acceptors (Lipinski definition) is 3. The van der Waals surface area contributed by atoms with Crippen molar-refractivity contribution in [2.75, 3.05) is 26.7 Å². The molecule has 1 fully saturated rings. The van der Waals surface area contributed by atoms with Gasteiger partial charge < -0.3 is 15.0 Å². The molecule has 0 radical (unpaired) electrons. The van der Waals surface area contributed by atoms with E-state index in [1.54, 1.807) is 0 Å². The van der Waals surface area contributed by atoms with Crippen molar-refractivity contribution >= 4 is 0 Å². The Balaban J connectivity index is 1.88. The van der Waals surface area contributed by atoms with Gasteiger partial charge in [-0.1, -0.05) is 0 Å². The summed E-state index contributed by atoms with van der Waals surface area (Å²) in [5.74, 6) is 0. The minimum Gasteiger partial charge on any atom is -0.374 e. The largest absolute Gasteiger partial charge is 0.374 e. The summed E-state index contributed by atoms with van der Waals surface area (Å²) in [5.41, 5.74) is 0. The van der Waals surface area contributed by atoms with Gasteiger partial charge >= 0.3 is 0 Å². The van der Waals surface area contributed by atoms with Crippen molar-refractivity contribution in [3.8, 4) is 0 Å². The van der Waals surface area contributed by atoms with E-state index in [0.29, 0.717) is 18.2 Å². The van der Waals surface area contributed by atoms with Crippen LogP contribution in [0.3, 0.4) is 0 Å². The Morgan fingerprint density at radius 1 is 1.29 bits per heavy atom. The van der Waals surface area contributed by atoms with E-state index in [0.717, 1.165) is 13.1 Å². The minimum absolute atomic E-state index is 0.461. The number of unbranched alkanes of at least 4 members (excludes halogenated alkanes) is 1. The molecule has 2 atom stereocenters. The van der Waals surface area contributed by atoms with E-state index in [1.807, 2.05) is 0 Å². The van der Waals surface area contributed by atoms with E-state index in [2.05, 4.69) is 38.0 Å². The molecule has 3 nitrogen and oxygen atoms in total. The molecule has 0 saturated carbocycles. The second-order valence-corrected chi connectivity index (χ2v) is 5.63. The second-order valence-electron chi connectivity index (χ2n) is 5.63. The van der Waals surface area contributed by atoms with Crippen LogP contribution in [0.25, 0.3) is 0 Å². The summed E-state index contributed by atoms with van der Waals surface area (Å²) in [6.45, 7) is 10.0. The zero-order valence-corrected chi connectivity index (χ0v) is 12.0. The van der Waals surface area contributed by atoms with Crippen LogP contribution in [-0.2, 0) is 4.74 Å². The molecule has 2 unspecified atom stereocenters. The predicted molar refractivity (Wildman–Crippen MR) is 73.4 cm³/mol. The van der Waals surface area contributed by atoms with Gasteiger partial charge in [-0.3, -0.25) is 0 Å². The van der Waals surface area contributed by atoms with Gasteiger partial charge in [-0.15, -0.1) is 0 Å². The maximum absolute atomic E-state index is 5.77. The molecule has 0 aromatic heterocycles. The Morgan fingerprint density at radius 2 is 2.06 bits per heavy atom. The lowest BCUT2D eigenvalue weighted by Crippen LogP contribution is -2.29. The average Bonchev–Trinajstić information content (AvgIpc) is 2.68. The van der Waals surface area contributed by atoms with E-state index in [9.17, 15) is 0 Å². The number of rotatable bonds is 8. The molecule has 1 aliphatic rings. The van der Waals surface area contributed by atoms with Gasteiger partial charge in [0.15, 0.2) is 0 Å². The molecule has 3 heteroatoms. The Labute approximate surface area is 107 Å². The molecular formula is C14H30N2O. The minimum atomic E-state index is 0.461. The number of ether oxygens (including phenoxy) is 1. The summed E-state index contributed by atoms with van der Waals surface area (Å²) >= 11 is 0. The molecule has 1 rings (SSSR count). The number of nitrogens with zero attached hydrogens (tertiary/aromatic N) is 1. The first-order valence-corrected chi connectivity index (χ1v) is 7.16. The third kappa shape index (κ3) is 6.39. The first kappa shape index (κ1) is 14.9. The van der Waals surface area contributed by atoms with E-state index < -0.39 is 0 Å². The van der Waals surface area contributed by atoms with Crippen LogP contribution in [0.2, 0.25) is 0 Å². The van der Waals surface area contributed by atoms with Crippen LogP contribution in [0.1, 0.15) is 46.5 Å². The summed E-state index contributed by atoms with van der Waals surface area (Å²) < 4.78 is 5.77. The highest BCUT2D eigenvalue weighted by Crippen LogP contribution is 2.17. The van der Waals surface area contributed by atoms with Crippen LogP contribution in [0, 0.1) is 0 Å². The van der Waals surface area contributed by atoms with Crippen molar-refractivity contribution in [2.24, 2.45) is 0 Å². The molecule has 0 aromatic rings. The summed E-state index contributed by atoms with van der Waals surface area (Å²) in [6, 6.07) is 0.663. The Kier molecular flexibility index (Phi) is 7.09. The van der Waals surface area contributed by atoms with Gasteiger partial charge in [0.05, 0.1) is 12.2 Å². The number of nitrogens with one attached hydrogen (secondary N) is 1. The van der Waals surface area contributed by atoms with Crippen LogP contribution in [0.15, 0.2) is 0 Å². The zero-order valence-electron chi connectivity index (χ0n) is 12.0. The van der Waals surface area contributed by atoms with Crippen molar-refractivity contribution in [1.82, 2.24) is 10.2 Å². The highest BCUT2D eigenvalue weighted by Gasteiger charge is 2.20. The van der Waals surface area contributed by atoms with E-state index in [1.165, 1.54) is 32.2 Å². The molecule has 1 heterocycles. The molecule has 102 valence electrons. The topological polar surface area (TPSA) is 24.5 Å². The highest BCUT2D eigenvalue weighted by atomic mass is 16.5. The van der Waals surface area contributed by atoms with E-state index in [-0.39, 0.29) is 0 Å². The quantitative estimate of drug-likeness (QED) is 0.661. The normalized spacial score (nSPS) is 25.1. The highest BCUT2D eigenvalue weighted by molar-refractivity contribution is 4.72. The maximum atomic E-state index is 5.77. The molecule has 1 N–H and O–H groups in total. The van der Waals surface area contributed by atoms with Crippen molar-refractivity contribution in [1.29, 1.82) is 0 Å². The van der Waals surface area contributed by atoms with Crippen LogP contribution in [0.4, 0.5) is 0 Å². The van der Waals surface area contributed by atoms with Crippen LogP contribution in [0.5, 0.6) is 0 Å². The Bertz CT molecular complexity index is 197. The van der Waals surface area contributed by atoms with Gasteiger partial charge in [-0.2, -0.15) is 0 Å². The second kappa shape index (κ2) is 8.06. The molecule has 0 aliphatic carbocycles. The molecule has 17 heavy (non-hydrogen) atoms. The van der Waals surface area contributed by atoms with Crippen LogP contribution in [-0.4, -0.2) is 49.8 Å². The lowest BCUT2D eigenvalue weighted by Gasteiger charge is -2.20. The van der Waals surface area contributed by atoms with Crippen molar-refractivity contribution < 1.29 is 4.74 Å². The fourth-order valence-corrected chi connectivity index (χ4v) is 2.17. The average molecular weight is 242 g/mol. The monoisotopic (exact) mass is 242 g/mol. The van der Waals surface area contributed by atoms with Crippen LogP contribution < -0.4 is 5.32 Å². The van der Waals surface area contributed by atoms with Gasteiger partial charge in [0.1, 0.15) is 0 Å². The van der Waals surface area contributed by atoms with E-state index >= 15 is 0 Å². The molecule has 0 aromatic carbocycles. The van der Waals surface area contributed by atoms with Crippen molar-refractivity contribution in [2.45, 2.75) is 64.7 Å².